The van der Waals surface area contributed by atoms with E-state index < -0.39 is 10.8 Å². The lowest BCUT2D eigenvalue weighted by Gasteiger charge is -2.30. The molecular weight excluding hydrogens is 381 g/mol. The summed E-state index contributed by atoms with van der Waals surface area (Å²) in [4.78, 5) is 25.1. The van der Waals surface area contributed by atoms with Gasteiger partial charge in [0.25, 0.3) is 11.6 Å². The zero-order valence-electron chi connectivity index (χ0n) is 13.6. The van der Waals surface area contributed by atoms with Crippen molar-refractivity contribution in [2.45, 2.75) is 0 Å². The Balaban J connectivity index is 1.88. The van der Waals surface area contributed by atoms with Crippen LogP contribution in [0.15, 0.2) is 36.4 Å². The van der Waals surface area contributed by atoms with Crippen LogP contribution >= 0.6 is 23.2 Å². The molecule has 1 amide bonds. The van der Waals surface area contributed by atoms with Crippen molar-refractivity contribution in [3.8, 4) is 0 Å². The fraction of sp³-hybridized carbons (Fsp3) is 0.235. The number of carbonyl (C=O) groups is 1. The van der Waals surface area contributed by atoms with Crippen molar-refractivity contribution in [1.29, 1.82) is 0 Å². The van der Waals surface area contributed by atoms with E-state index in [0.29, 0.717) is 37.0 Å². The molecule has 26 heavy (non-hydrogen) atoms. The van der Waals surface area contributed by atoms with Gasteiger partial charge in [-0.3, -0.25) is 14.9 Å². The Bertz CT molecular complexity index is 854. The molecule has 2 aromatic rings. The molecule has 0 radical (unpaired) electrons. The summed E-state index contributed by atoms with van der Waals surface area (Å²) in [5, 5.41) is 14.2. The highest BCUT2D eigenvalue weighted by molar-refractivity contribution is 6.33. The van der Waals surface area contributed by atoms with E-state index in [1.807, 2.05) is 6.07 Å². The Morgan fingerprint density at radius 2 is 1.88 bits per heavy atom. The third-order valence-electron chi connectivity index (χ3n) is 3.96. The van der Waals surface area contributed by atoms with Gasteiger partial charge in [-0.25, -0.2) is 0 Å². The molecule has 3 rings (SSSR count). The van der Waals surface area contributed by atoms with Gasteiger partial charge < -0.3 is 15.0 Å². The maximum atomic E-state index is 12.6. The second-order valence-corrected chi connectivity index (χ2v) is 6.48. The number of nitro benzene ring substituents is 1. The Morgan fingerprint density at radius 3 is 2.58 bits per heavy atom. The van der Waals surface area contributed by atoms with Gasteiger partial charge in [0.1, 0.15) is 5.02 Å². The molecule has 0 bridgehead atoms. The van der Waals surface area contributed by atoms with Gasteiger partial charge in [0.05, 0.1) is 29.5 Å². The van der Waals surface area contributed by atoms with E-state index in [2.05, 4.69) is 10.2 Å². The Hall–Kier alpha value is -2.35. The van der Waals surface area contributed by atoms with Crippen molar-refractivity contribution in [2.24, 2.45) is 0 Å². The molecule has 7 nitrogen and oxygen atoms in total. The van der Waals surface area contributed by atoms with Crippen LogP contribution in [0.25, 0.3) is 0 Å². The van der Waals surface area contributed by atoms with Gasteiger partial charge in [0, 0.05) is 29.7 Å². The molecule has 1 heterocycles. The van der Waals surface area contributed by atoms with Crippen molar-refractivity contribution in [3.05, 3.63) is 62.1 Å². The lowest BCUT2D eigenvalue weighted by molar-refractivity contribution is -0.384. The van der Waals surface area contributed by atoms with Crippen LogP contribution in [-0.4, -0.2) is 37.1 Å². The van der Waals surface area contributed by atoms with E-state index in [1.54, 1.807) is 12.1 Å². The molecule has 1 aliphatic heterocycles. The first-order valence-corrected chi connectivity index (χ1v) is 8.59. The summed E-state index contributed by atoms with van der Waals surface area (Å²) in [5.41, 5.74) is 1.16. The standard InChI is InChI=1S/C17H15Cl2N3O4/c18-12-2-4-15(21-5-7-26-8-6-21)14(10-12)20-17(23)11-1-3-13(19)16(9-11)22(24)25/h1-4,9-10H,5-8H2,(H,20,23). The molecule has 1 fully saturated rings. The summed E-state index contributed by atoms with van der Waals surface area (Å²) in [5.74, 6) is -0.485. The van der Waals surface area contributed by atoms with Crippen molar-refractivity contribution in [2.75, 3.05) is 36.5 Å². The fourth-order valence-corrected chi connectivity index (χ4v) is 3.04. The van der Waals surface area contributed by atoms with E-state index in [4.69, 9.17) is 27.9 Å². The molecule has 0 atom stereocenters. The first-order valence-electron chi connectivity index (χ1n) is 7.83. The molecule has 0 spiro atoms. The maximum absolute atomic E-state index is 12.6. The first kappa shape index (κ1) is 18.4. The predicted molar refractivity (Wildman–Crippen MR) is 101 cm³/mol. The summed E-state index contributed by atoms with van der Waals surface area (Å²) in [6, 6.07) is 9.13. The van der Waals surface area contributed by atoms with E-state index in [9.17, 15) is 14.9 Å². The minimum Gasteiger partial charge on any atom is -0.378 e. The number of morpholine rings is 1. The van der Waals surface area contributed by atoms with Crippen LogP contribution < -0.4 is 10.2 Å². The quantitative estimate of drug-likeness (QED) is 0.624. The van der Waals surface area contributed by atoms with Crippen LogP contribution in [0, 0.1) is 10.1 Å². The molecule has 1 saturated heterocycles. The number of carbonyl (C=O) groups excluding carboxylic acids is 1. The number of amides is 1. The Kier molecular flexibility index (Phi) is 5.61. The highest BCUT2D eigenvalue weighted by Crippen LogP contribution is 2.31. The van der Waals surface area contributed by atoms with Gasteiger partial charge in [0.2, 0.25) is 0 Å². The molecule has 9 heteroatoms. The van der Waals surface area contributed by atoms with Crippen LogP contribution in [-0.2, 0) is 4.74 Å². The van der Waals surface area contributed by atoms with Crippen LogP contribution in [0.3, 0.4) is 0 Å². The van der Waals surface area contributed by atoms with Gasteiger partial charge in [-0.05, 0) is 30.3 Å². The van der Waals surface area contributed by atoms with E-state index in [1.165, 1.54) is 12.1 Å². The number of anilines is 2. The largest absolute Gasteiger partial charge is 0.378 e. The number of nitrogens with zero attached hydrogens (tertiary/aromatic N) is 2. The number of halogens is 2. The number of benzene rings is 2. The summed E-state index contributed by atoms with van der Waals surface area (Å²) in [6.45, 7) is 2.58. The number of nitro groups is 1. The van der Waals surface area contributed by atoms with Gasteiger partial charge in [-0.1, -0.05) is 23.2 Å². The number of ether oxygens (including phenoxy) is 1. The van der Waals surface area contributed by atoms with Gasteiger partial charge in [0.15, 0.2) is 0 Å². The normalized spacial score (nSPS) is 14.2. The monoisotopic (exact) mass is 395 g/mol. The van der Waals surface area contributed by atoms with E-state index in [-0.39, 0.29) is 16.3 Å². The topological polar surface area (TPSA) is 84.7 Å². The van der Waals surface area contributed by atoms with Crippen LogP contribution in [0.2, 0.25) is 10.0 Å². The van der Waals surface area contributed by atoms with Crippen LogP contribution in [0.1, 0.15) is 10.4 Å². The van der Waals surface area contributed by atoms with Crippen molar-refractivity contribution in [1.82, 2.24) is 0 Å². The number of hydrogen-bond donors (Lipinski definition) is 1. The zero-order chi connectivity index (χ0) is 18.7. The van der Waals surface area contributed by atoms with Crippen LogP contribution in [0.4, 0.5) is 17.1 Å². The highest BCUT2D eigenvalue weighted by atomic mass is 35.5. The smallest absolute Gasteiger partial charge is 0.288 e. The molecule has 1 N–H and O–H groups in total. The SMILES string of the molecule is O=C(Nc1cc(Cl)ccc1N1CCOCC1)c1ccc(Cl)c([N+](=O)[O-])c1. The third-order valence-corrected chi connectivity index (χ3v) is 4.52. The Morgan fingerprint density at radius 1 is 1.15 bits per heavy atom. The lowest BCUT2D eigenvalue weighted by atomic mass is 10.1. The third kappa shape index (κ3) is 4.07. The predicted octanol–water partition coefficient (Wildman–Crippen LogP) is 3.99. The van der Waals surface area contributed by atoms with Crippen molar-refractivity contribution >= 4 is 46.2 Å². The minimum atomic E-state index is -0.627. The number of nitrogens with one attached hydrogen (secondary N) is 1. The summed E-state index contributed by atoms with van der Waals surface area (Å²) < 4.78 is 5.35. The number of rotatable bonds is 4. The van der Waals surface area contributed by atoms with E-state index in [0.717, 1.165) is 11.8 Å². The zero-order valence-corrected chi connectivity index (χ0v) is 15.1. The molecule has 0 aliphatic carbocycles. The second kappa shape index (κ2) is 7.90. The molecule has 0 saturated carbocycles. The average Bonchev–Trinajstić information content (AvgIpc) is 2.62. The maximum Gasteiger partial charge on any atom is 0.288 e. The minimum absolute atomic E-state index is 0.0247. The van der Waals surface area contributed by atoms with Gasteiger partial charge >= 0.3 is 0 Å². The molecule has 2 aromatic carbocycles. The summed E-state index contributed by atoms with van der Waals surface area (Å²) >= 11 is 11.9. The first-order chi connectivity index (χ1) is 12.5. The van der Waals surface area contributed by atoms with Gasteiger partial charge in [-0.15, -0.1) is 0 Å². The highest BCUT2D eigenvalue weighted by Gasteiger charge is 2.19. The van der Waals surface area contributed by atoms with E-state index >= 15 is 0 Å². The molecular formula is C17H15Cl2N3O4. The fourth-order valence-electron chi connectivity index (χ4n) is 2.68. The molecule has 0 unspecified atom stereocenters. The molecule has 136 valence electrons. The Labute approximate surface area is 159 Å². The van der Waals surface area contributed by atoms with Crippen molar-refractivity contribution < 1.29 is 14.5 Å². The summed E-state index contributed by atoms with van der Waals surface area (Å²) in [7, 11) is 0. The van der Waals surface area contributed by atoms with Gasteiger partial charge in [-0.2, -0.15) is 0 Å². The average molecular weight is 396 g/mol. The molecule has 0 aromatic heterocycles. The second-order valence-electron chi connectivity index (χ2n) is 5.64. The summed E-state index contributed by atoms with van der Waals surface area (Å²) in [6.07, 6.45) is 0. The van der Waals surface area contributed by atoms with Crippen LogP contribution in [0.5, 0.6) is 0 Å². The van der Waals surface area contributed by atoms with Crippen molar-refractivity contribution in [3.63, 3.8) is 0 Å². The number of hydrogen-bond acceptors (Lipinski definition) is 5. The lowest BCUT2D eigenvalue weighted by Crippen LogP contribution is -2.36. The molecule has 1 aliphatic rings.